The predicted molar refractivity (Wildman–Crippen MR) is 87.4 cm³/mol. The van der Waals surface area contributed by atoms with Crippen molar-refractivity contribution in [1.82, 2.24) is 5.32 Å². The minimum atomic E-state index is 0.360. The number of aryl methyl sites for hydroxylation is 2. The van der Waals surface area contributed by atoms with Crippen LogP contribution in [0.1, 0.15) is 36.1 Å². The van der Waals surface area contributed by atoms with E-state index in [0.29, 0.717) is 6.04 Å². The number of hydrogen-bond acceptors (Lipinski definition) is 1. The third-order valence-corrected chi connectivity index (χ3v) is 3.87. The maximum Gasteiger partial charge on any atom is 0.0409 e. The van der Waals surface area contributed by atoms with E-state index in [4.69, 9.17) is 11.6 Å². The zero-order chi connectivity index (χ0) is 14.4. The molecule has 2 heteroatoms. The SMILES string of the molecule is CCNC(CCc1ccccc1)c1cc(Cl)ccc1C. The van der Waals surface area contributed by atoms with Crippen LogP contribution in [0.4, 0.5) is 0 Å². The van der Waals surface area contributed by atoms with Crippen LogP contribution in [0.25, 0.3) is 0 Å². The van der Waals surface area contributed by atoms with Crippen LogP contribution in [0.2, 0.25) is 5.02 Å². The second-order valence-electron chi connectivity index (χ2n) is 5.14. The molecule has 0 saturated heterocycles. The molecule has 2 aromatic rings. The predicted octanol–water partition coefficient (Wildman–Crippen LogP) is 4.93. The first-order valence-electron chi connectivity index (χ1n) is 7.24. The summed E-state index contributed by atoms with van der Waals surface area (Å²) in [6.07, 6.45) is 2.16. The van der Waals surface area contributed by atoms with E-state index in [1.807, 2.05) is 6.07 Å². The van der Waals surface area contributed by atoms with Crippen molar-refractivity contribution in [3.05, 3.63) is 70.2 Å². The fraction of sp³-hybridized carbons (Fsp3) is 0.333. The number of hydrogen-bond donors (Lipinski definition) is 1. The van der Waals surface area contributed by atoms with E-state index in [2.05, 4.69) is 61.6 Å². The molecule has 1 unspecified atom stereocenters. The van der Waals surface area contributed by atoms with Crippen molar-refractivity contribution in [2.45, 2.75) is 32.7 Å². The Hall–Kier alpha value is -1.31. The summed E-state index contributed by atoms with van der Waals surface area (Å²) in [6, 6.07) is 17.2. The largest absolute Gasteiger partial charge is 0.310 e. The molecule has 2 rings (SSSR count). The number of nitrogens with one attached hydrogen (secondary N) is 1. The normalized spacial score (nSPS) is 12.3. The molecule has 1 nitrogen and oxygen atoms in total. The van der Waals surface area contributed by atoms with Crippen molar-refractivity contribution < 1.29 is 0 Å². The molecule has 0 radical (unpaired) electrons. The number of halogens is 1. The average Bonchev–Trinajstić information content (AvgIpc) is 2.47. The number of rotatable bonds is 6. The van der Waals surface area contributed by atoms with Crippen LogP contribution < -0.4 is 5.32 Å². The lowest BCUT2D eigenvalue weighted by Crippen LogP contribution is -2.22. The second-order valence-corrected chi connectivity index (χ2v) is 5.57. The Morgan fingerprint density at radius 1 is 1.10 bits per heavy atom. The molecule has 2 aromatic carbocycles. The van der Waals surface area contributed by atoms with E-state index in [0.717, 1.165) is 24.4 Å². The smallest absolute Gasteiger partial charge is 0.0409 e. The Morgan fingerprint density at radius 3 is 2.55 bits per heavy atom. The first-order chi connectivity index (χ1) is 9.70. The van der Waals surface area contributed by atoms with Gasteiger partial charge in [0.05, 0.1) is 0 Å². The van der Waals surface area contributed by atoms with Gasteiger partial charge in [0, 0.05) is 11.1 Å². The molecule has 0 fully saturated rings. The van der Waals surface area contributed by atoms with Crippen LogP contribution in [-0.2, 0) is 6.42 Å². The van der Waals surface area contributed by atoms with E-state index in [1.54, 1.807) is 0 Å². The van der Waals surface area contributed by atoms with E-state index in [1.165, 1.54) is 16.7 Å². The maximum absolute atomic E-state index is 6.15. The summed E-state index contributed by atoms with van der Waals surface area (Å²) < 4.78 is 0. The minimum absolute atomic E-state index is 0.360. The van der Waals surface area contributed by atoms with Crippen molar-refractivity contribution in [3.63, 3.8) is 0 Å². The molecule has 0 aliphatic heterocycles. The van der Waals surface area contributed by atoms with Gasteiger partial charge in [0.25, 0.3) is 0 Å². The maximum atomic E-state index is 6.15. The quantitative estimate of drug-likeness (QED) is 0.794. The summed E-state index contributed by atoms with van der Waals surface area (Å²) in [4.78, 5) is 0. The van der Waals surface area contributed by atoms with Crippen LogP contribution >= 0.6 is 11.6 Å². The average molecular weight is 288 g/mol. The first-order valence-corrected chi connectivity index (χ1v) is 7.62. The highest BCUT2D eigenvalue weighted by Gasteiger charge is 2.13. The van der Waals surface area contributed by atoms with Gasteiger partial charge in [0.15, 0.2) is 0 Å². The Labute approximate surface area is 127 Å². The summed E-state index contributed by atoms with van der Waals surface area (Å²) in [5.74, 6) is 0. The molecule has 0 saturated carbocycles. The van der Waals surface area contributed by atoms with Gasteiger partial charge in [0.1, 0.15) is 0 Å². The van der Waals surface area contributed by atoms with Gasteiger partial charge in [-0.1, -0.05) is 54.9 Å². The van der Waals surface area contributed by atoms with E-state index >= 15 is 0 Å². The van der Waals surface area contributed by atoms with Crippen LogP contribution in [0.15, 0.2) is 48.5 Å². The topological polar surface area (TPSA) is 12.0 Å². The molecule has 0 spiro atoms. The molecule has 0 aliphatic carbocycles. The van der Waals surface area contributed by atoms with Gasteiger partial charge in [-0.05, 0) is 55.1 Å². The van der Waals surface area contributed by atoms with Crippen molar-refractivity contribution >= 4 is 11.6 Å². The molecule has 0 bridgehead atoms. The highest BCUT2D eigenvalue weighted by atomic mass is 35.5. The van der Waals surface area contributed by atoms with Crippen LogP contribution in [0, 0.1) is 6.92 Å². The summed E-state index contributed by atoms with van der Waals surface area (Å²) in [7, 11) is 0. The zero-order valence-corrected chi connectivity index (χ0v) is 13.0. The van der Waals surface area contributed by atoms with E-state index in [9.17, 15) is 0 Å². The van der Waals surface area contributed by atoms with Crippen molar-refractivity contribution in [2.75, 3.05) is 6.54 Å². The fourth-order valence-electron chi connectivity index (χ4n) is 2.56. The molecule has 106 valence electrons. The molecular formula is C18H22ClN. The van der Waals surface area contributed by atoms with Gasteiger partial charge >= 0.3 is 0 Å². The number of benzene rings is 2. The van der Waals surface area contributed by atoms with Gasteiger partial charge in [-0.25, -0.2) is 0 Å². The zero-order valence-electron chi connectivity index (χ0n) is 12.2. The van der Waals surface area contributed by atoms with Gasteiger partial charge < -0.3 is 5.32 Å². The molecule has 20 heavy (non-hydrogen) atoms. The first kappa shape index (κ1) is 15.1. The monoisotopic (exact) mass is 287 g/mol. The van der Waals surface area contributed by atoms with Gasteiger partial charge in [-0.3, -0.25) is 0 Å². The molecule has 1 N–H and O–H groups in total. The minimum Gasteiger partial charge on any atom is -0.310 e. The van der Waals surface area contributed by atoms with E-state index < -0.39 is 0 Å². The Morgan fingerprint density at radius 2 is 1.85 bits per heavy atom. The van der Waals surface area contributed by atoms with Crippen molar-refractivity contribution in [1.29, 1.82) is 0 Å². The summed E-state index contributed by atoms with van der Waals surface area (Å²) in [5, 5.41) is 4.39. The standard InChI is InChI=1S/C18H22ClN/c1-3-20-18(12-10-15-7-5-4-6-8-15)17-13-16(19)11-9-14(17)2/h4-9,11,13,18,20H,3,10,12H2,1-2H3. The third-order valence-electron chi connectivity index (χ3n) is 3.63. The van der Waals surface area contributed by atoms with Crippen LogP contribution in [0.5, 0.6) is 0 Å². The highest BCUT2D eigenvalue weighted by molar-refractivity contribution is 6.30. The second kappa shape index (κ2) is 7.47. The lowest BCUT2D eigenvalue weighted by Gasteiger charge is -2.21. The van der Waals surface area contributed by atoms with Gasteiger partial charge in [-0.15, -0.1) is 0 Å². The summed E-state index contributed by atoms with van der Waals surface area (Å²) in [5.41, 5.74) is 4.00. The molecule has 0 aliphatic rings. The third kappa shape index (κ3) is 4.09. The summed E-state index contributed by atoms with van der Waals surface area (Å²) >= 11 is 6.15. The summed E-state index contributed by atoms with van der Waals surface area (Å²) in [6.45, 7) is 5.26. The fourth-order valence-corrected chi connectivity index (χ4v) is 2.74. The highest BCUT2D eigenvalue weighted by Crippen LogP contribution is 2.25. The van der Waals surface area contributed by atoms with Crippen molar-refractivity contribution in [3.8, 4) is 0 Å². The molecular weight excluding hydrogens is 266 g/mol. The lowest BCUT2D eigenvalue weighted by molar-refractivity contribution is 0.513. The van der Waals surface area contributed by atoms with Crippen LogP contribution in [0.3, 0.4) is 0 Å². The van der Waals surface area contributed by atoms with Crippen LogP contribution in [-0.4, -0.2) is 6.54 Å². The molecule has 0 aromatic heterocycles. The molecule has 0 amide bonds. The molecule has 0 heterocycles. The Kier molecular flexibility index (Phi) is 5.63. The van der Waals surface area contributed by atoms with Gasteiger partial charge in [-0.2, -0.15) is 0 Å². The van der Waals surface area contributed by atoms with Gasteiger partial charge in [0.2, 0.25) is 0 Å². The van der Waals surface area contributed by atoms with E-state index in [-0.39, 0.29) is 0 Å². The molecule has 1 atom stereocenters. The lowest BCUT2D eigenvalue weighted by atomic mass is 9.95. The van der Waals surface area contributed by atoms with Crippen molar-refractivity contribution in [2.24, 2.45) is 0 Å². The Balaban J connectivity index is 2.12. The Bertz CT molecular complexity index is 536.